The Balaban J connectivity index is 1.30. The molecule has 3 aromatic heterocycles. The first kappa shape index (κ1) is 34.9. The zero-order chi connectivity index (χ0) is 36.2. The average Bonchev–Trinajstić information content (AvgIpc) is 3.56. The van der Waals surface area contributed by atoms with Gasteiger partial charge in [-0.15, -0.1) is 0 Å². The maximum absolute atomic E-state index is 14.7. The van der Waals surface area contributed by atoms with Crippen LogP contribution in [-0.2, 0) is 0 Å². The molecule has 2 N–H and O–H groups in total. The number of H-pyrrole nitrogens is 1. The van der Waals surface area contributed by atoms with Gasteiger partial charge in [-0.1, -0.05) is 78.3 Å². The summed E-state index contributed by atoms with van der Waals surface area (Å²) in [5.74, 6) is 0.426. The van der Waals surface area contributed by atoms with Gasteiger partial charge in [0.25, 0.3) is 5.91 Å². The molecule has 0 aliphatic carbocycles. The van der Waals surface area contributed by atoms with Crippen molar-refractivity contribution in [2.75, 3.05) is 41.3 Å². The van der Waals surface area contributed by atoms with Crippen LogP contribution in [-0.4, -0.2) is 51.9 Å². The molecule has 0 spiro atoms. The number of amides is 1. The number of benzene rings is 3. The summed E-state index contributed by atoms with van der Waals surface area (Å²) >= 11 is 12.8. The van der Waals surface area contributed by atoms with E-state index in [4.69, 9.17) is 28.2 Å². The van der Waals surface area contributed by atoms with Crippen molar-refractivity contribution in [2.24, 2.45) is 0 Å². The number of carbonyl (C=O) groups is 1. The van der Waals surface area contributed by atoms with E-state index in [1.807, 2.05) is 91.3 Å². The molecule has 4 heterocycles. The monoisotopic (exact) mass is 727 g/mol. The molecule has 1 unspecified atom stereocenters. The molecule has 52 heavy (non-hydrogen) atoms. The number of aromatic nitrogens is 3. The maximum Gasteiger partial charge on any atom is 0.272 e. The highest BCUT2D eigenvalue weighted by atomic mass is 35.5. The van der Waals surface area contributed by atoms with Crippen LogP contribution in [0.15, 0.2) is 128 Å². The van der Waals surface area contributed by atoms with Gasteiger partial charge in [-0.05, 0) is 85.3 Å². The largest absolute Gasteiger partial charge is 0.367 e. The highest BCUT2D eigenvalue weighted by molar-refractivity contribution is 6.31. The molecule has 1 saturated heterocycles. The Morgan fingerprint density at radius 2 is 1.62 bits per heavy atom. The minimum Gasteiger partial charge on any atom is -0.367 e. The van der Waals surface area contributed by atoms with Crippen LogP contribution in [0.1, 0.15) is 47.1 Å². The quantitative estimate of drug-likeness (QED) is 0.146. The van der Waals surface area contributed by atoms with Gasteiger partial charge in [0.1, 0.15) is 5.69 Å². The summed E-state index contributed by atoms with van der Waals surface area (Å²) in [6.45, 7) is 11.6. The van der Waals surface area contributed by atoms with Crippen molar-refractivity contribution in [3.63, 3.8) is 0 Å². The van der Waals surface area contributed by atoms with Gasteiger partial charge in [0.2, 0.25) is 0 Å². The zero-order valence-electron chi connectivity index (χ0n) is 29.1. The van der Waals surface area contributed by atoms with E-state index in [9.17, 15) is 4.79 Å². The second kappa shape index (κ2) is 15.4. The number of allylic oxidation sites excluding steroid dienone is 1. The van der Waals surface area contributed by atoms with Gasteiger partial charge in [0.05, 0.1) is 29.3 Å². The first-order valence-corrected chi connectivity index (χ1v) is 18.0. The smallest absolute Gasteiger partial charge is 0.272 e. The van der Waals surface area contributed by atoms with Gasteiger partial charge in [-0.25, -0.2) is 4.98 Å². The Morgan fingerprint density at radius 3 is 2.33 bits per heavy atom. The van der Waals surface area contributed by atoms with Crippen LogP contribution < -0.4 is 15.1 Å². The van der Waals surface area contributed by atoms with E-state index in [-0.39, 0.29) is 11.9 Å². The fourth-order valence-electron chi connectivity index (χ4n) is 6.91. The number of halogens is 2. The minimum atomic E-state index is -0.299. The molecule has 0 bridgehead atoms. The van der Waals surface area contributed by atoms with Gasteiger partial charge in [-0.2, -0.15) is 0 Å². The number of anilines is 3. The van der Waals surface area contributed by atoms with E-state index < -0.39 is 0 Å². The number of nitrogens with zero attached hydrogens (tertiary/aromatic N) is 5. The van der Waals surface area contributed by atoms with Crippen LogP contribution >= 0.6 is 23.2 Å². The Labute approximate surface area is 314 Å². The number of hydrogen-bond donors (Lipinski definition) is 2. The lowest BCUT2D eigenvalue weighted by Gasteiger charge is -2.37. The highest BCUT2D eigenvalue weighted by Crippen LogP contribution is 2.41. The zero-order valence-corrected chi connectivity index (χ0v) is 30.6. The lowest BCUT2D eigenvalue weighted by Crippen LogP contribution is -2.47. The predicted molar refractivity (Wildman–Crippen MR) is 215 cm³/mol. The second-order valence-electron chi connectivity index (χ2n) is 12.7. The van der Waals surface area contributed by atoms with Crippen LogP contribution in [0, 0.1) is 0 Å². The van der Waals surface area contributed by atoms with E-state index in [2.05, 4.69) is 68.6 Å². The van der Waals surface area contributed by atoms with Gasteiger partial charge < -0.3 is 25.0 Å². The first-order chi connectivity index (χ1) is 25.3. The third-order valence-corrected chi connectivity index (χ3v) is 10.1. The van der Waals surface area contributed by atoms with Crippen molar-refractivity contribution in [3.05, 3.63) is 161 Å². The Bertz CT molecular complexity index is 2230. The average molecular weight is 729 g/mol. The fourth-order valence-corrected chi connectivity index (χ4v) is 7.21. The van der Waals surface area contributed by atoms with Crippen molar-refractivity contribution in [2.45, 2.75) is 19.9 Å². The molecule has 1 atom stereocenters. The molecule has 3 aromatic carbocycles. The summed E-state index contributed by atoms with van der Waals surface area (Å²) in [4.78, 5) is 33.8. The molecular weight excluding hydrogens is 689 g/mol. The summed E-state index contributed by atoms with van der Waals surface area (Å²) in [7, 11) is 0. The van der Waals surface area contributed by atoms with Crippen LogP contribution in [0.25, 0.3) is 22.2 Å². The maximum atomic E-state index is 14.7. The minimum absolute atomic E-state index is 0.160. The standard InChI is InChI=1S/C42H39Cl2N7O/c1-4-51(29(3)31-14-16-32(43)17-15-31)40(28(2)30-10-6-5-7-11-30)38-35-19-18-33(44)26-37(35)47-39(38)42(52)48-36-13-9-21-46-41(36)50-24-22-49(23-25-50)34-12-8-20-45-27-34/h4-21,26-27,29,47H,1,22-25H2,2-3H3,(H,48,52)/b40-28+. The third-order valence-electron chi connectivity index (χ3n) is 9.64. The number of aromatic amines is 1. The van der Waals surface area contributed by atoms with Crippen LogP contribution in [0.2, 0.25) is 10.0 Å². The van der Waals surface area contributed by atoms with Crippen LogP contribution in [0.5, 0.6) is 0 Å². The number of nitrogens with one attached hydrogen (secondary N) is 2. The molecule has 262 valence electrons. The lowest BCUT2D eigenvalue weighted by atomic mass is 9.95. The van der Waals surface area contributed by atoms with Crippen molar-refractivity contribution in [1.82, 2.24) is 19.9 Å². The Morgan fingerprint density at radius 1 is 0.904 bits per heavy atom. The SMILES string of the molecule is C=CN(/C(=C(\C)c1ccccc1)c1c(C(=O)Nc2cccnc2N2CCN(c3cccnc3)CC2)[nH]c2cc(Cl)ccc12)C(C)c1ccc(Cl)cc1. The molecule has 1 amide bonds. The first-order valence-electron chi connectivity index (χ1n) is 17.2. The van der Waals surface area contributed by atoms with E-state index in [1.165, 1.54) is 0 Å². The number of rotatable bonds is 10. The second-order valence-corrected chi connectivity index (χ2v) is 13.6. The molecule has 6 aromatic rings. The summed E-state index contributed by atoms with van der Waals surface area (Å²) in [5, 5.41) is 5.31. The summed E-state index contributed by atoms with van der Waals surface area (Å²) in [6.07, 6.45) is 7.26. The normalized spacial score (nSPS) is 14.2. The predicted octanol–water partition coefficient (Wildman–Crippen LogP) is 9.94. The molecule has 1 aliphatic rings. The van der Waals surface area contributed by atoms with Crippen LogP contribution in [0.3, 0.4) is 0 Å². The van der Waals surface area contributed by atoms with Crippen molar-refractivity contribution in [1.29, 1.82) is 0 Å². The molecule has 1 fully saturated rings. The number of fused-ring (bicyclic) bond motifs is 1. The van der Waals surface area contributed by atoms with Gasteiger partial charge >= 0.3 is 0 Å². The molecule has 10 heteroatoms. The number of hydrogen-bond acceptors (Lipinski definition) is 6. The Hall–Kier alpha value is -5.57. The summed E-state index contributed by atoms with van der Waals surface area (Å²) in [5.41, 5.74) is 7.47. The van der Waals surface area contributed by atoms with E-state index in [0.29, 0.717) is 21.4 Å². The molecular formula is C42H39Cl2N7O. The number of pyridine rings is 2. The third kappa shape index (κ3) is 7.13. The molecule has 0 radical (unpaired) electrons. The van der Waals surface area contributed by atoms with Gasteiger partial charge in [0, 0.05) is 65.1 Å². The fraction of sp³-hybridized carbons (Fsp3) is 0.167. The molecule has 7 rings (SSSR count). The van der Waals surface area contributed by atoms with E-state index in [0.717, 1.165) is 76.5 Å². The van der Waals surface area contributed by atoms with E-state index >= 15 is 0 Å². The molecule has 1 aliphatic heterocycles. The number of piperazine rings is 1. The highest BCUT2D eigenvalue weighted by Gasteiger charge is 2.29. The lowest BCUT2D eigenvalue weighted by molar-refractivity contribution is 0.102. The Kier molecular flexibility index (Phi) is 10.3. The molecule has 8 nitrogen and oxygen atoms in total. The topological polar surface area (TPSA) is 80.4 Å². The van der Waals surface area contributed by atoms with Gasteiger partial charge in [0.15, 0.2) is 5.82 Å². The van der Waals surface area contributed by atoms with Crippen molar-refractivity contribution < 1.29 is 4.79 Å². The van der Waals surface area contributed by atoms with Crippen LogP contribution in [0.4, 0.5) is 17.2 Å². The van der Waals surface area contributed by atoms with E-state index in [1.54, 1.807) is 12.4 Å². The van der Waals surface area contributed by atoms with Gasteiger partial charge in [-0.3, -0.25) is 9.78 Å². The van der Waals surface area contributed by atoms with Crippen molar-refractivity contribution in [3.8, 4) is 0 Å². The summed E-state index contributed by atoms with van der Waals surface area (Å²) < 4.78 is 0. The summed E-state index contributed by atoms with van der Waals surface area (Å²) in [6, 6.07) is 31.3. The molecule has 0 saturated carbocycles. The van der Waals surface area contributed by atoms with Crippen molar-refractivity contribution >= 4 is 68.5 Å². The number of carbonyl (C=O) groups excluding carboxylic acids is 1.